The number of anilines is 1. The number of amides is 1. The van der Waals surface area contributed by atoms with Crippen LogP contribution in [0.2, 0.25) is 0 Å². The van der Waals surface area contributed by atoms with Crippen LogP contribution < -0.4 is 9.88 Å². The van der Waals surface area contributed by atoms with Gasteiger partial charge in [0.25, 0.3) is 5.91 Å². The Morgan fingerprint density at radius 3 is 2.30 bits per heavy atom. The van der Waals surface area contributed by atoms with E-state index in [1.807, 2.05) is 67.2 Å². The van der Waals surface area contributed by atoms with E-state index in [1.54, 1.807) is 0 Å². The van der Waals surface area contributed by atoms with Gasteiger partial charge in [0.05, 0.1) is 0 Å². The summed E-state index contributed by atoms with van der Waals surface area (Å²) in [5.41, 5.74) is 3.29. The fourth-order valence-corrected chi connectivity index (χ4v) is 1.98. The molecule has 20 heavy (non-hydrogen) atoms. The number of hydrogen-bond acceptors (Lipinski definition) is 1. The van der Waals surface area contributed by atoms with Gasteiger partial charge in [0.1, 0.15) is 0 Å². The van der Waals surface area contributed by atoms with Crippen LogP contribution in [0.15, 0.2) is 48.8 Å². The van der Waals surface area contributed by atoms with E-state index in [9.17, 15) is 4.79 Å². The van der Waals surface area contributed by atoms with Gasteiger partial charge < -0.3 is 5.32 Å². The van der Waals surface area contributed by atoms with Gasteiger partial charge in [0.2, 0.25) is 6.04 Å². The summed E-state index contributed by atoms with van der Waals surface area (Å²) in [6.07, 6.45) is 4.86. The lowest BCUT2D eigenvalue weighted by Gasteiger charge is -2.09. The predicted molar refractivity (Wildman–Crippen MR) is 80.5 cm³/mol. The molecule has 0 unspecified atom stereocenters. The molecule has 1 N–H and O–H groups in total. The Balaban J connectivity index is 2.05. The maximum Gasteiger partial charge on any atom is 0.293 e. The fraction of sp³-hybridized carbons (Fsp3) is 0.294. The average Bonchev–Trinajstić information content (AvgIpc) is 2.48. The summed E-state index contributed by atoms with van der Waals surface area (Å²) in [5, 5.41) is 2.95. The van der Waals surface area contributed by atoms with E-state index in [4.69, 9.17) is 0 Å². The summed E-state index contributed by atoms with van der Waals surface area (Å²) >= 11 is 0. The van der Waals surface area contributed by atoms with Crippen molar-refractivity contribution in [2.24, 2.45) is 0 Å². The monoisotopic (exact) mass is 269 g/mol. The molecule has 1 aromatic heterocycles. The molecule has 1 amide bonds. The van der Waals surface area contributed by atoms with Gasteiger partial charge in [-0.3, -0.25) is 4.79 Å². The van der Waals surface area contributed by atoms with Crippen molar-refractivity contribution in [1.82, 2.24) is 0 Å². The van der Waals surface area contributed by atoms with Crippen LogP contribution in [0.25, 0.3) is 0 Å². The number of carbonyl (C=O) groups is 1. The zero-order chi connectivity index (χ0) is 14.5. The molecule has 1 heterocycles. The Kier molecular flexibility index (Phi) is 4.51. The normalized spacial score (nSPS) is 11.9. The molecule has 0 aliphatic heterocycles. The molecule has 104 valence electrons. The van der Waals surface area contributed by atoms with Gasteiger partial charge in [-0.15, -0.1) is 0 Å². The number of hydrogen-bond donors (Lipinski definition) is 1. The summed E-state index contributed by atoms with van der Waals surface area (Å²) in [6.45, 7) is 6.04. The summed E-state index contributed by atoms with van der Waals surface area (Å²) in [6, 6.07) is 11.7. The van der Waals surface area contributed by atoms with Gasteiger partial charge in [-0.1, -0.05) is 19.1 Å². The minimum absolute atomic E-state index is 0.0110. The molecule has 2 aromatic rings. The Hall–Kier alpha value is -2.16. The number of nitrogens with one attached hydrogen (secondary N) is 1. The lowest BCUT2D eigenvalue weighted by molar-refractivity contribution is -0.705. The molecule has 0 bridgehead atoms. The lowest BCUT2D eigenvalue weighted by Crippen LogP contribution is -2.43. The van der Waals surface area contributed by atoms with Crippen molar-refractivity contribution in [1.29, 1.82) is 0 Å². The Labute approximate surface area is 120 Å². The molecule has 0 radical (unpaired) electrons. The molecular formula is C17H21N2O+. The van der Waals surface area contributed by atoms with E-state index >= 15 is 0 Å². The zero-order valence-electron chi connectivity index (χ0n) is 12.3. The highest BCUT2D eigenvalue weighted by Crippen LogP contribution is 2.11. The molecule has 0 fully saturated rings. The average molecular weight is 269 g/mol. The first kappa shape index (κ1) is 14.3. The second-order valence-electron chi connectivity index (χ2n) is 5.04. The summed E-state index contributed by atoms with van der Waals surface area (Å²) < 4.78 is 1.91. The van der Waals surface area contributed by atoms with Crippen LogP contribution in [0, 0.1) is 6.92 Å². The lowest BCUT2D eigenvalue weighted by atomic mass is 10.1. The quantitative estimate of drug-likeness (QED) is 0.850. The van der Waals surface area contributed by atoms with Crippen molar-refractivity contribution in [3.05, 3.63) is 59.9 Å². The number of nitrogens with zero attached hydrogens (tertiary/aromatic N) is 1. The minimum atomic E-state index is -0.235. The van der Waals surface area contributed by atoms with Crippen LogP contribution >= 0.6 is 0 Å². The number of benzene rings is 1. The Bertz CT molecular complexity index is 573. The first-order valence-electron chi connectivity index (χ1n) is 6.97. The van der Waals surface area contributed by atoms with Crippen LogP contribution in [-0.4, -0.2) is 5.91 Å². The van der Waals surface area contributed by atoms with E-state index in [-0.39, 0.29) is 11.9 Å². The third-order valence-corrected chi connectivity index (χ3v) is 3.48. The highest BCUT2D eigenvalue weighted by Gasteiger charge is 2.21. The van der Waals surface area contributed by atoms with Crippen molar-refractivity contribution in [2.75, 3.05) is 5.32 Å². The topological polar surface area (TPSA) is 33.0 Å². The highest BCUT2D eigenvalue weighted by molar-refractivity contribution is 5.92. The smallest absolute Gasteiger partial charge is 0.293 e. The molecule has 3 nitrogen and oxygen atoms in total. The number of pyridine rings is 1. The third kappa shape index (κ3) is 3.44. The molecule has 3 heteroatoms. The molecule has 0 saturated carbocycles. The van der Waals surface area contributed by atoms with E-state index in [1.165, 1.54) is 11.1 Å². The van der Waals surface area contributed by atoms with Crippen LogP contribution in [-0.2, 0) is 11.2 Å². The number of aryl methyl sites for hydroxylation is 2. The number of carbonyl (C=O) groups excluding carboxylic acids is 1. The molecule has 0 aliphatic carbocycles. The number of rotatable bonds is 4. The summed E-state index contributed by atoms with van der Waals surface area (Å²) in [4.78, 5) is 12.2. The molecule has 2 rings (SSSR count). The zero-order valence-corrected chi connectivity index (χ0v) is 12.3. The largest absolute Gasteiger partial charge is 0.320 e. The maximum atomic E-state index is 12.2. The molecule has 1 aromatic carbocycles. The van der Waals surface area contributed by atoms with Crippen LogP contribution in [0.3, 0.4) is 0 Å². The SMILES string of the molecule is CCc1ccc(NC(=O)[C@H](C)[n+]2ccc(C)cc2)cc1. The first-order chi connectivity index (χ1) is 9.60. The van der Waals surface area contributed by atoms with Gasteiger partial charge in [-0.05, 0) is 36.6 Å². The van der Waals surface area contributed by atoms with Crippen LogP contribution in [0.5, 0.6) is 0 Å². The van der Waals surface area contributed by atoms with Crippen molar-refractivity contribution in [3.8, 4) is 0 Å². The van der Waals surface area contributed by atoms with E-state index in [2.05, 4.69) is 12.2 Å². The maximum absolute atomic E-state index is 12.2. The van der Waals surface area contributed by atoms with Gasteiger partial charge >= 0.3 is 0 Å². The van der Waals surface area contributed by atoms with E-state index in [0.29, 0.717) is 0 Å². The standard InChI is InChI=1S/C17H20N2O/c1-4-15-5-7-16(8-6-15)18-17(20)14(3)19-11-9-13(2)10-12-19/h5-12,14H,4H2,1-3H3/p+1/t14-/m0/s1. The van der Waals surface area contributed by atoms with Crippen molar-refractivity contribution in [2.45, 2.75) is 33.2 Å². The van der Waals surface area contributed by atoms with Crippen molar-refractivity contribution < 1.29 is 9.36 Å². The minimum Gasteiger partial charge on any atom is -0.320 e. The van der Waals surface area contributed by atoms with E-state index < -0.39 is 0 Å². The van der Waals surface area contributed by atoms with Gasteiger partial charge in [0, 0.05) is 24.7 Å². The van der Waals surface area contributed by atoms with Crippen LogP contribution in [0.1, 0.15) is 31.0 Å². The molecular weight excluding hydrogens is 248 g/mol. The highest BCUT2D eigenvalue weighted by atomic mass is 16.2. The molecule has 0 spiro atoms. The summed E-state index contributed by atoms with van der Waals surface area (Å²) in [7, 11) is 0. The predicted octanol–water partition coefficient (Wildman–Crippen LogP) is 3.04. The van der Waals surface area contributed by atoms with Crippen LogP contribution in [0.4, 0.5) is 5.69 Å². The fourth-order valence-electron chi connectivity index (χ4n) is 1.98. The number of aromatic nitrogens is 1. The van der Waals surface area contributed by atoms with Crippen molar-refractivity contribution >= 4 is 11.6 Å². The van der Waals surface area contributed by atoms with Gasteiger partial charge in [-0.25, -0.2) is 0 Å². The Morgan fingerprint density at radius 2 is 1.75 bits per heavy atom. The third-order valence-electron chi connectivity index (χ3n) is 3.48. The first-order valence-corrected chi connectivity index (χ1v) is 6.97. The molecule has 0 aliphatic rings. The second kappa shape index (κ2) is 6.33. The Morgan fingerprint density at radius 1 is 1.15 bits per heavy atom. The molecule has 1 atom stereocenters. The van der Waals surface area contributed by atoms with Crippen molar-refractivity contribution in [3.63, 3.8) is 0 Å². The van der Waals surface area contributed by atoms with E-state index in [0.717, 1.165) is 12.1 Å². The summed E-state index contributed by atoms with van der Waals surface area (Å²) in [5.74, 6) is -0.0110. The van der Waals surface area contributed by atoms with Gasteiger partial charge in [0.15, 0.2) is 12.4 Å². The van der Waals surface area contributed by atoms with Gasteiger partial charge in [-0.2, -0.15) is 4.57 Å². The second-order valence-corrected chi connectivity index (χ2v) is 5.04. The molecule has 0 saturated heterocycles.